The molecule has 0 spiro atoms. The first kappa shape index (κ1) is 13.9. The molecule has 0 bridgehead atoms. The van der Waals surface area contributed by atoms with E-state index < -0.39 is 11.6 Å². The van der Waals surface area contributed by atoms with Crippen molar-refractivity contribution in [2.45, 2.75) is 6.42 Å². The number of anilines is 1. The van der Waals surface area contributed by atoms with E-state index in [4.69, 9.17) is 5.73 Å². The zero-order chi connectivity index (χ0) is 14.5. The van der Waals surface area contributed by atoms with Crippen LogP contribution in [0.4, 0.5) is 14.5 Å². The van der Waals surface area contributed by atoms with E-state index >= 15 is 0 Å². The number of pyridine rings is 1. The number of benzene rings is 1. The molecule has 3 N–H and O–H groups in total. The van der Waals surface area contributed by atoms with E-state index in [1.54, 1.807) is 0 Å². The molecule has 0 saturated carbocycles. The quantitative estimate of drug-likeness (QED) is 0.897. The van der Waals surface area contributed by atoms with Crippen molar-refractivity contribution in [3.8, 4) is 0 Å². The van der Waals surface area contributed by atoms with Crippen molar-refractivity contribution < 1.29 is 13.6 Å². The Kier molecular flexibility index (Phi) is 4.24. The Morgan fingerprint density at radius 2 is 1.95 bits per heavy atom. The maximum atomic E-state index is 13.0. The summed E-state index contributed by atoms with van der Waals surface area (Å²) in [5, 5.41) is 2.64. The summed E-state index contributed by atoms with van der Waals surface area (Å²) in [4.78, 5) is 15.6. The Morgan fingerprint density at radius 1 is 1.25 bits per heavy atom. The van der Waals surface area contributed by atoms with E-state index in [0.717, 1.165) is 6.07 Å². The van der Waals surface area contributed by atoms with Gasteiger partial charge in [-0.2, -0.15) is 0 Å². The number of nitrogens with two attached hydrogens (primary N) is 1. The number of amides is 1. The molecule has 0 aliphatic rings. The highest BCUT2D eigenvalue weighted by Crippen LogP contribution is 2.10. The third-order valence-corrected chi connectivity index (χ3v) is 2.72. The molecule has 0 aliphatic heterocycles. The average Bonchev–Trinajstić information content (AvgIpc) is 2.38. The molecule has 1 aromatic heterocycles. The summed E-state index contributed by atoms with van der Waals surface area (Å²) in [5.74, 6) is -1.61. The number of nitrogens with zero attached hydrogens (tertiary/aromatic N) is 1. The van der Waals surface area contributed by atoms with Crippen LogP contribution in [-0.2, 0) is 6.42 Å². The number of rotatable bonds is 4. The molecule has 0 saturated heterocycles. The van der Waals surface area contributed by atoms with Crippen LogP contribution < -0.4 is 11.1 Å². The number of aromatic nitrogens is 1. The molecule has 0 unspecified atom stereocenters. The second-order valence-corrected chi connectivity index (χ2v) is 4.25. The molecular formula is C14H13F2N3O. The fourth-order valence-corrected chi connectivity index (χ4v) is 1.78. The summed E-state index contributed by atoms with van der Waals surface area (Å²) in [6.07, 6.45) is 3.18. The van der Waals surface area contributed by atoms with E-state index in [2.05, 4.69) is 10.3 Å². The van der Waals surface area contributed by atoms with Crippen LogP contribution >= 0.6 is 0 Å². The SMILES string of the molecule is Nc1cnccc1C(=O)NCCc1cc(F)cc(F)c1. The van der Waals surface area contributed by atoms with Crippen LogP contribution in [0.25, 0.3) is 0 Å². The minimum Gasteiger partial charge on any atom is -0.397 e. The summed E-state index contributed by atoms with van der Waals surface area (Å²) < 4.78 is 26.0. The summed E-state index contributed by atoms with van der Waals surface area (Å²) >= 11 is 0. The molecule has 1 aromatic carbocycles. The Morgan fingerprint density at radius 3 is 2.60 bits per heavy atom. The topological polar surface area (TPSA) is 68.0 Å². The Labute approximate surface area is 114 Å². The first-order valence-electron chi connectivity index (χ1n) is 5.99. The van der Waals surface area contributed by atoms with Gasteiger partial charge in [-0.05, 0) is 30.2 Å². The second kappa shape index (κ2) is 6.10. The van der Waals surface area contributed by atoms with Crippen LogP contribution in [0.5, 0.6) is 0 Å². The monoisotopic (exact) mass is 277 g/mol. The highest BCUT2D eigenvalue weighted by Gasteiger charge is 2.08. The smallest absolute Gasteiger partial charge is 0.253 e. The number of nitrogens with one attached hydrogen (secondary N) is 1. The van der Waals surface area contributed by atoms with Crippen molar-refractivity contribution in [3.05, 3.63) is 59.4 Å². The van der Waals surface area contributed by atoms with E-state index in [1.165, 1.54) is 30.6 Å². The Balaban J connectivity index is 1.93. The molecule has 20 heavy (non-hydrogen) atoms. The maximum absolute atomic E-state index is 13.0. The van der Waals surface area contributed by atoms with Gasteiger partial charge in [-0.15, -0.1) is 0 Å². The molecule has 1 heterocycles. The van der Waals surface area contributed by atoms with Crippen molar-refractivity contribution >= 4 is 11.6 Å². The van der Waals surface area contributed by atoms with Crippen molar-refractivity contribution in [2.24, 2.45) is 0 Å². The highest BCUT2D eigenvalue weighted by molar-refractivity contribution is 5.98. The van der Waals surface area contributed by atoms with Crippen molar-refractivity contribution in [1.29, 1.82) is 0 Å². The molecule has 0 aliphatic carbocycles. The van der Waals surface area contributed by atoms with Gasteiger partial charge in [0.15, 0.2) is 0 Å². The van der Waals surface area contributed by atoms with Gasteiger partial charge in [-0.25, -0.2) is 8.78 Å². The Hall–Kier alpha value is -2.50. The van der Waals surface area contributed by atoms with Crippen LogP contribution in [0.3, 0.4) is 0 Å². The lowest BCUT2D eigenvalue weighted by atomic mass is 10.1. The lowest BCUT2D eigenvalue weighted by Gasteiger charge is -2.07. The van der Waals surface area contributed by atoms with Gasteiger partial charge in [0.1, 0.15) is 11.6 Å². The van der Waals surface area contributed by atoms with Gasteiger partial charge in [0.2, 0.25) is 0 Å². The number of carbonyl (C=O) groups is 1. The van der Waals surface area contributed by atoms with Crippen LogP contribution in [0.15, 0.2) is 36.7 Å². The van der Waals surface area contributed by atoms with E-state index in [1.807, 2.05) is 0 Å². The van der Waals surface area contributed by atoms with Gasteiger partial charge in [0, 0.05) is 18.8 Å². The van der Waals surface area contributed by atoms with Crippen LogP contribution in [0.1, 0.15) is 15.9 Å². The number of hydrogen-bond donors (Lipinski definition) is 2. The van der Waals surface area contributed by atoms with Crippen LogP contribution in [0.2, 0.25) is 0 Å². The van der Waals surface area contributed by atoms with Gasteiger partial charge in [-0.1, -0.05) is 0 Å². The summed E-state index contributed by atoms with van der Waals surface area (Å²) in [5.41, 5.74) is 6.70. The molecule has 4 nitrogen and oxygen atoms in total. The molecule has 0 fully saturated rings. The fraction of sp³-hybridized carbons (Fsp3) is 0.143. The second-order valence-electron chi connectivity index (χ2n) is 4.25. The fourth-order valence-electron chi connectivity index (χ4n) is 1.78. The van der Waals surface area contributed by atoms with Crippen molar-refractivity contribution in [2.75, 3.05) is 12.3 Å². The molecule has 0 atom stereocenters. The molecule has 0 radical (unpaired) electrons. The number of carbonyl (C=O) groups excluding carboxylic acids is 1. The van der Waals surface area contributed by atoms with Gasteiger partial charge in [-0.3, -0.25) is 9.78 Å². The van der Waals surface area contributed by atoms with E-state index in [0.29, 0.717) is 17.5 Å². The van der Waals surface area contributed by atoms with Crippen LogP contribution in [-0.4, -0.2) is 17.4 Å². The molecule has 1 amide bonds. The first-order valence-corrected chi connectivity index (χ1v) is 5.99. The van der Waals surface area contributed by atoms with Crippen LogP contribution in [0, 0.1) is 11.6 Å². The predicted octanol–water partition coefficient (Wildman–Crippen LogP) is 1.91. The van der Waals surface area contributed by atoms with Crippen molar-refractivity contribution in [1.82, 2.24) is 10.3 Å². The minimum atomic E-state index is -0.635. The summed E-state index contributed by atoms with van der Waals surface area (Å²) in [6.45, 7) is 0.253. The maximum Gasteiger partial charge on any atom is 0.253 e. The molecule has 2 rings (SSSR count). The third-order valence-electron chi connectivity index (χ3n) is 2.72. The first-order chi connectivity index (χ1) is 9.56. The molecule has 104 valence electrons. The van der Waals surface area contributed by atoms with Gasteiger partial charge in [0.05, 0.1) is 17.4 Å². The average molecular weight is 277 g/mol. The summed E-state index contributed by atoms with van der Waals surface area (Å²) in [7, 11) is 0. The van der Waals surface area contributed by atoms with Gasteiger partial charge in [0.25, 0.3) is 5.91 Å². The normalized spacial score (nSPS) is 10.3. The van der Waals surface area contributed by atoms with Crippen molar-refractivity contribution in [3.63, 3.8) is 0 Å². The lowest BCUT2D eigenvalue weighted by Crippen LogP contribution is -2.26. The number of halogens is 2. The van der Waals surface area contributed by atoms with E-state index in [9.17, 15) is 13.6 Å². The largest absolute Gasteiger partial charge is 0.397 e. The molecular weight excluding hydrogens is 264 g/mol. The van der Waals surface area contributed by atoms with Gasteiger partial charge >= 0.3 is 0 Å². The van der Waals surface area contributed by atoms with E-state index in [-0.39, 0.29) is 18.1 Å². The minimum absolute atomic E-state index is 0.253. The standard InChI is InChI=1S/C14H13F2N3O/c15-10-5-9(6-11(16)7-10)1-4-19-14(20)12-2-3-18-8-13(12)17/h2-3,5-8H,1,4,17H2,(H,19,20). The van der Waals surface area contributed by atoms with Gasteiger partial charge < -0.3 is 11.1 Å². The summed E-state index contributed by atoms with van der Waals surface area (Å²) in [6, 6.07) is 4.78. The lowest BCUT2D eigenvalue weighted by molar-refractivity contribution is 0.0955. The molecule has 2 aromatic rings. The Bertz CT molecular complexity index is 611. The number of nitrogen functional groups attached to an aromatic ring is 1. The third kappa shape index (κ3) is 3.50. The zero-order valence-electron chi connectivity index (χ0n) is 10.6. The molecule has 6 heteroatoms. The predicted molar refractivity (Wildman–Crippen MR) is 71.0 cm³/mol. The highest BCUT2D eigenvalue weighted by atomic mass is 19.1. The number of hydrogen-bond acceptors (Lipinski definition) is 3. The zero-order valence-corrected chi connectivity index (χ0v) is 10.6.